The third kappa shape index (κ3) is 6.92. The largest absolute Gasteiger partial charge is 0.381 e. The van der Waals surface area contributed by atoms with E-state index in [4.69, 9.17) is 22.1 Å². The molecule has 4 N–H and O–H groups in total. The molecule has 12 heteroatoms. The Morgan fingerprint density at radius 2 is 1.83 bits per heavy atom. The number of amides is 1. The van der Waals surface area contributed by atoms with Crippen molar-refractivity contribution in [3.8, 4) is 0 Å². The highest BCUT2D eigenvalue weighted by molar-refractivity contribution is 7.89. The van der Waals surface area contributed by atoms with Crippen molar-refractivity contribution in [2.45, 2.75) is 62.6 Å². The average Bonchev–Trinajstić information content (AvgIpc) is 3.08. The molecule has 2 aromatic carbocycles. The molecule has 3 heterocycles. The number of anilines is 1. The van der Waals surface area contributed by atoms with Crippen LogP contribution in [-0.2, 0) is 26.0 Å². The van der Waals surface area contributed by atoms with E-state index in [0.29, 0.717) is 50.6 Å². The fourth-order valence-corrected chi connectivity index (χ4v) is 8.36. The Labute approximate surface area is 245 Å². The summed E-state index contributed by atoms with van der Waals surface area (Å²) in [6.45, 7) is 1.90. The SMILES string of the molecule is NC(C(=O)Nc1c(F)ccc(F)c1CCC1CNC2CCCS(=O)(=O)N1C2)C(c1ccc(Cl)cc1)C1CCOCC1. The van der Waals surface area contributed by atoms with Gasteiger partial charge in [-0.15, -0.1) is 0 Å². The first-order chi connectivity index (χ1) is 19.6. The number of fused-ring (bicyclic) bond motifs is 2. The van der Waals surface area contributed by atoms with Crippen LogP contribution >= 0.6 is 11.6 Å². The number of ether oxygens (including phenoxy) is 1. The molecule has 1 amide bonds. The van der Waals surface area contributed by atoms with Gasteiger partial charge in [0.2, 0.25) is 15.9 Å². The Balaban J connectivity index is 1.36. The lowest BCUT2D eigenvalue weighted by Crippen LogP contribution is -2.57. The average molecular weight is 611 g/mol. The highest BCUT2D eigenvalue weighted by Gasteiger charge is 2.38. The van der Waals surface area contributed by atoms with E-state index in [0.717, 1.165) is 24.1 Å². The number of benzene rings is 2. The second kappa shape index (κ2) is 13.0. The normalized spacial score (nSPS) is 26.1. The smallest absolute Gasteiger partial charge is 0.242 e. The van der Waals surface area contributed by atoms with Crippen LogP contribution in [0.2, 0.25) is 5.02 Å². The Bertz CT molecular complexity index is 1340. The van der Waals surface area contributed by atoms with Crippen molar-refractivity contribution in [3.05, 3.63) is 64.2 Å². The van der Waals surface area contributed by atoms with Crippen LogP contribution in [0.15, 0.2) is 36.4 Å². The van der Waals surface area contributed by atoms with Gasteiger partial charge in [-0.2, -0.15) is 4.31 Å². The molecule has 5 unspecified atom stereocenters. The third-order valence-electron chi connectivity index (χ3n) is 8.66. The lowest BCUT2D eigenvalue weighted by Gasteiger charge is -2.37. The summed E-state index contributed by atoms with van der Waals surface area (Å²) in [5, 5.41) is 6.54. The van der Waals surface area contributed by atoms with E-state index in [9.17, 15) is 13.2 Å². The second-order valence-electron chi connectivity index (χ2n) is 11.3. The van der Waals surface area contributed by atoms with Crippen LogP contribution in [0.1, 0.15) is 49.1 Å². The summed E-state index contributed by atoms with van der Waals surface area (Å²) >= 11 is 6.09. The molecule has 5 atom stereocenters. The molecule has 0 saturated carbocycles. The number of hydrogen-bond donors (Lipinski definition) is 3. The molecule has 0 aromatic heterocycles. The molecule has 0 radical (unpaired) electrons. The van der Waals surface area contributed by atoms with Crippen LogP contribution in [0.4, 0.5) is 14.5 Å². The van der Waals surface area contributed by atoms with Crippen molar-refractivity contribution in [1.29, 1.82) is 0 Å². The molecule has 41 heavy (non-hydrogen) atoms. The number of nitrogens with zero attached hydrogens (tertiary/aromatic N) is 1. The zero-order valence-electron chi connectivity index (χ0n) is 22.8. The summed E-state index contributed by atoms with van der Waals surface area (Å²) in [5.41, 5.74) is 7.13. The number of rotatable bonds is 8. The number of hydrogen-bond acceptors (Lipinski definition) is 6. The number of sulfonamides is 1. The van der Waals surface area contributed by atoms with Crippen molar-refractivity contribution in [1.82, 2.24) is 9.62 Å². The van der Waals surface area contributed by atoms with Gasteiger partial charge in [0.15, 0.2) is 0 Å². The molecule has 0 spiro atoms. The number of carbonyl (C=O) groups is 1. The maximum atomic E-state index is 15.2. The minimum Gasteiger partial charge on any atom is -0.381 e. The molecule has 3 saturated heterocycles. The van der Waals surface area contributed by atoms with Gasteiger partial charge < -0.3 is 21.1 Å². The molecule has 3 fully saturated rings. The number of halogens is 3. The lowest BCUT2D eigenvalue weighted by atomic mass is 9.76. The van der Waals surface area contributed by atoms with E-state index in [1.807, 2.05) is 12.1 Å². The first-order valence-corrected chi connectivity index (χ1v) is 16.2. The van der Waals surface area contributed by atoms with Crippen LogP contribution in [0, 0.1) is 17.6 Å². The van der Waals surface area contributed by atoms with Gasteiger partial charge in [0.05, 0.1) is 17.5 Å². The van der Waals surface area contributed by atoms with E-state index < -0.39 is 39.6 Å². The van der Waals surface area contributed by atoms with Gasteiger partial charge in [-0.1, -0.05) is 23.7 Å². The fraction of sp³-hybridized carbons (Fsp3) is 0.552. The monoisotopic (exact) mass is 610 g/mol. The second-order valence-corrected chi connectivity index (χ2v) is 13.7. The van der Waals surface area contributed by atoms with E-state index in [1.54, 1.807) is 12.1 Å². The van der Waals surface area contributed by atoms with E-state index in [1.165, 1.54) is 4.31 Å². The number of piperazine rings is 1. The van der Waals surface area contributed by atoms with Crippen LogP contribution in [0.3, 0.4) is 0 Å². The van der Waals surface area contributed by atoms with E-state index in [2.05, 4.69) is 10.6 Å². The predicted octanol–water partition coefficient (Wildman–Crippen LogP) is 3.79. The van der Waals surface area contributed by atoms with E-state index >= 15 is 8.78 Å². The van der Waals surface area contributed by atoms with Crippen LogP contribution in [0.25, 0.3) is 0 Å². The summed E-state index contributed by atoms with van der Waals surface area (Å²) in [6.07, 6.45) is 3.10. The maximum absolute atomic E-state index is 15.2. The van der Waals surface area contributed by atoms with Gasteiger partial charge in [-0.05, 0) is 74.3 Å². The Morgan fingerprint density at radius 1 is 1.12 bits per heavy atom. The topological polar surface area (TPSA) is 114 Å². The minimum atomic E-state index is -3.43. The Kier molecular flexibility index (Phi) is 9.62. The van der Waals surface area contributed by atoms with E-state index in [-0.39, 0.29) is 47.7 Å². The summed E-state index contributed by atoms with van der Waals surface area (Å²) in [6, 6.07) is 7.80. The first kappa shape index (κ1) is 30.3. The Hall–Kier alpha value is -2.15. The highest BCUT2D eigenvalue weighted by atomic mass is 35.5. The molecule has 2 bridgehead atoms. The van der Waals surface area contributed by atoms with Gasteiger partial charge in [-0.3, -0.25) is 4.79 Å². The maximum Gasteiger partial charge on any atom is 0.242 e. The zero-order valence-corrected chi connectivity index (χ0v) is 24.4. The molecule has 3 aliphatic rings. The van der Waals surface area contributed by atoms with Crippen LogP contribution in [-0.4, -0.2) is 68.8 Å². The zero-order chi connectivity index (χ0) is 29.1. The minimum absolute atomic E-state index is 0.00555. The summed E-state index contributed by atoms with van der Waals surface area (Å²) in [7, 11) is -3.43. The fourth-order valence-electron chi connectivity index (χ4n) is 6.43. The third-order valence-corrected chi connectivity index (χ3v) is 10.9. The van der Waals surface area contributed by atoms with Gasteiger partial charge in [-0.25, -0.2) is 17.2 Å². The molecule has 3 aliphatic heterocycles. The van der Waals surface area contributed by atoms with Crippen molar-refractivity contribution < 1.29 is 26.7 Å². The summed E-state index contributed by atoms with van der Waals surface area (Å²) in [5.74, 6) is -2.32. The summed E-state index contributed by atoms with van der Waals surface area (Å²) < 4.78 is 63.0. The van der Waals surface area contributed by atoms with Crippen molar-refractivity contribution in [3.63, 3.8) is 0 Å². The quantitative estimate of drug-likeness (QED) is 0.419. The molecule has 2 aromatic rings. The molecular formula is C29H37ClF2N4O4S. The molecule has 224 valence electrons. The van der Waals surface area contributed by atoms with Gasteiger partial charge >= 0.3 is 0 Å². The first-order valence-electron chi connectivity index (χ1n) is 14.2. The predicted molar refractivity (Wildman–Crippen MR) is 154 cm³/mol. The van der Waals surface area contributed by atoms with Gasteiger partial charge in [0.25, 0.3) is 0 Å². The van der Waals surface area contributed by atoms with Crippen molar-refractivity contribution in [2.75, 3.05) is 37.4 Å². The van der Waals surface area contributed by atoms with Crippen molar-refractivity contribution >= 4 is 33.2 Å². The standard InChI is InChI=1S/C29H37ClF2N4O4S/c30-20-5-3-18(4-6-20)26(19-11-13-40-14-12-19)27(33)29(37)35-28-23(24(31)9-10-25(28)32)8-7-22-16-34-21-2-1-15-41(38,39)36(22)17-21/h3-6,9-10,19,21-22,26-27,34H,1-2,7-8,11-17,33H2,(H,35,37). The summed E-state index contributed by atoms with van der Waals surface area (Å²) in [4.78, 5) is 13.5. The van der Waals surface area contributed by atoms with Gasteiger partial charge in [0, 0.05) is 54.9 Å². The van der Waals surface area contributed by atoms with Crippen molar-refractivity contribution in [2.24, 2.45) is 11.7 Å². The van der Waals surface area contributed by atoms with Crippen LogP contribution in [0.5, 0.6) is 0 Å². The number of carbonyl (C=O) groups excluding carboxylic acids is 1. The lowest BCUT2D eigenvalue weighted by molar-refractivity contribution is -0.118. The molecule has 0 aliphatic carbocycles. The van der Waals surface area contributed by atoms with Crippen LogP contribution < -0.4 is 16.4 Å². The molecule has 8 nitrogen and oxygen atoms in total. The highest BCUT2D eigenvalue weighted by Crippen LogP contribution is 2.36. The molecular weight excluding hydrogens is 574 g/mol. The Morgan fingerprint density at radius 3 is 2.56 bits per heavy atom. The molecule has 5 rings (SSSR count). The number of nitrogens with two attached hydrogens (primary N) is 1. The number of nitrogens with one attached hydrogen (secondary N) is 2. The van der Waals surface area contributed by atoms with Gasteiger partial charge in [0.1, 0.15) is 11.6 Å².